The summed E-state index contributed by atoms with van der Waals surface area (Å²) in [5.74, 6) is 0.232. The number of rotatable bonds is 4. The number of hydrogen-bond acceptors (Lipinski definition) is 4. The fourth-order valence-electron chi connectivity index (χ4n) is 1.58. The number of nitrogens with zero attached hydrogens (tertiary/aromatic N) is 1. The minimum atomic E-state index is -2.94. The molecule has 1 N–H and O–H groups in total. The van der Waals surface area contributed by atoms with Gasteiger partial charge in [-0.2, -0.15) is 0 Å². The number of amides is 1. The summed E-state index contributed by atoms with van der Waals surface area (Å²) in [5, 5.41) is 2.91. The van der Waals surface area contributed by atoms with Gasteiger partial charge in [-0.25, -0.2) is 8.42 Å². The SMILES string of the molecule is C=CCNCC(=O)N1CCCS(=O)(=O)CC1. The first-order valence-corrected chi connectivity index (χ1v) is 7.17. The van der Waals surface area contributed by atoms with Crippen molar-refractivity contribution < 1.29 is 13.2 Å². The molecule has 16 heavy (non-hydrogen) atoms. The van der Waals surface area contributed by atoms with Gasteiger partial charge in [-0.1, -0.05) is 6.08 Å². The molecule has 92 valence electrons. The van der Waals surface area contributed by atoms with Gasteiger partial charge in [0.1, 0.15) is 0 Å². The quantitative estimate of drug-likeness (QED) is 0.532. The van der Waals surface area contributed by atoms with E-state index in [4.69, 9.17) is 0 Å². The van der Waals surface area contributed by atoms with Gasteiger partial charge in [0.2, 0.25) is 5.91 Å². The van der Waals surface area contributed by atoms with Gasteiger partial charge in [0.05, 0.1) is 18.1 Å². The second kappa shape index (κ2) is 6.00. The van der Waals surface area contributed by atoms with E-state index in [0.717, 1.165) is 0 Å². The number of nitrogens with one attached hydrogen (secondary N) is 1. The Kier molecular flexibility index (Phi) is 4.95. The van der Waals surface area contributed by atoms with Crippen LogP contribution in [0.15, 0.2) is 12.7 Å². The Labute approximate surface area is 96.4 Å². The minimum Gasteiger partial charge on any atom is -0.341 e. The van der Waals surface area contributed by atoms with Crippen LogP contribution in [0.4, 0.5) is 0 Å². The van der Waals surface area contributed by atoms with Gasteiger partial charge in [-0.15, -0.1) is 6.58 Å². The van der Waals surface area contributed by atoms with Gasteiger partial charge < -0.3 is 10.2 Å². The molecule has 5 nitrogen and oxygen atoms in total. The molecule has 0 aromatic heterocycles. The van der Waals surface area contributed by atoms with Crippen LogP contribution in [0.2, 0.25) is 0 Å². The zero-order valence-corrected chi connectivity index (χ0v) is 10.1. The monoisotopic (exact) mass is 246 g/mol. The van der Waals surface area contributed by atoms with Crippen molar-refractivity contribution in [3.8, 4) is 0 Å². The van der Waals surface area contributed by atoms with Crippen LogP contribution in [0.1, 0.15) is 6.42 Å². The molecule has 1 fully saturated rings. The summed E-state index contributed by atoms with van der Waals surface area (Å²) in [5.41, 5.74) is 0. The standard InChI is InChI=1S/C10H18N2O3S/c1-2-4-11-9-10(13)12-5-3-7-16(14,15)8-6-12/h2,11H,1,3-9H2. The molecular formula is C10H18N2O3S. The molecule has 0 radical (unpaired) electrons. The first-order valence-electron chi connectivity index (χ1n) is 5.35. The zero-order valence-electron chi connectivity index (χ0n) is 9.31. The van der Waals surface area contributed by atoms with Crippen LogP contribution in [0.5, 0.6) is 0 Å². The van der Waals surface area contributed by atoms with Gasteiger partial charge in [-0.3, -0.25) is 4.79 Å². The highest BCUT2D eigenvalue weighted by molar-refractivity contribution is 7.91. The van der Waals surface area contributed by atoms with Gasteiger partial charge >= 0.3 is 0 Å². The van der Waals surface area contributed by atoms with Crippen LogP contribution in [-0.2, 0) is 14.6 Å². The molecule has 1 heterocycles. The lowest BCUT2D eigenvalue weighted by Gasteiger charge is -2.19. The molecule has 1 amide bonds. The van der Waals surface area contributed by atoms with Crippen molar-refractivity contribution in [2.75, 3.05) is 37.7 Å². The van der Waals surface area contributed by atoms with E-state index in [9.17, 15) is 13.2 Å². The number of carbonyl (C=O) groups excluding carboxylic acids is 1. The van der Waals surface area contributed by atoms with Crippen molar-refractivity contribution in [2.24, 2.45) is 0 Å². The third-order valence-corrected chi connectivity index (χ3v) is 4.19. The Bertz CT molecular complexity index is 351. The van der Waals surface area contributed by atoms with E-state index >= 15 is 0 Å². The summed E-state index contributed by atoms with van der Waals surface area (Å²) >= 11 is 0. The molecule has 0 aromatic carbocycles. The molecule has 0 atom stereocenters. The highest BCUT2D eigenvalue weighted by Gasteiger charge is 2.21. The largest absolute Gasteiger partial charge is 0.341 e. The van der Waals surface area contributed by atoms with E-state index in [0.29, 0.717) is 26.1 Å². The molecular weight excluding hydrogens is 228 g/mol. The van der Waals surface area contributed by atoms with Crippen LogP contribution in [0, 0.1) is 0 Å². The van der Waals surface area contributed by atoms with E-state index in [1.807, 2.05) is 0 Å². The average molecular weight is 246 g/mol. The molecule has 0 unspecified atom stereocenters. The van der Waals surface area contributed by atoms with Crippen molar-refractivity contribution in [1.29, 1.82) is 0 Å². The third kappa shape index (κ3) is 4.32. The smallest absolute Gasteiger partial charge is 0.236 e. The van der Waals surface area contributed by atoms with Gasteiger partial charge in [0.15, 0.2) is 9.84 Å². The molecule has 0 aromatic rings. The van der Waals surface area contributed by atoms with Crippen molar-refractivity contribution in [2.45, 2.75) is 6.42 Å². The molecule has 1 aliphatic rings. The van der Waals surface area contributed by atoms with Crippen LogP contribution in [0.25, 0.3) is 0 Å². The minimum absolute atomic E-state index is 0.0426. The number of hydrogen-bond donors (Lipinski definition) is 1. The second-order valence-corrected chi connectivity index (χ2v) is 6.11. The van der Waals surface area contributed by atoms with Crippen molar-refractivity contribution in [1.82, 2.24) is 10.2 Å². The second-order valence-electron chi connectivity index (χ2n) is 3.81. The maximum absolute atomic E-state index is 11.7. The Morgan fingerprint density at radius 2 is 2.12 bits per heavy atom. The Morgan fingerprint density at radius 3 is 2.81 bits per heavy atom. The maximum atomic E-state index is 11.7. The first kappa shape index (κ1) is 13.2. The van der Waals surface area contributed by atoms with Crippen LogP contribution >= 0.6 is 0 Å². The lowest BCUT2D eigenvalue weighted by atomic mass is 10.4. The van der Waals surface area contributed by atoms with Gasteiger partial charge in [0, 0.05) is 19.6 Å². The van der Waals surface area contributed by atoms with Crippen LogP contribution in [-0.4, -0.2) is 56.9 Å². The molecule has 1 rings (SSSR count). The molecule has 0 saturated carbocycles. The van der Waals surface area contributed by atoms with Gasteiger partial charge in [0.25, 0.3) is 0 Å². The predicted octanol–water partition coefficient (Wildman–Crippen LogP) is -0.591. The van der Waals surface area contributed by atoms with Crippen LogP contribution < -0.4 is 5.32 Å². The molecule has 6 heteroatoms. The summed E-state index contributed by atoms with van der Waals surface area (Å²) in [6, 6.07) is 0. The summed E-state index contributed by atoms with van der Waals surface area (Å²) in [4.78, 5) is 13.3. The molecule has 0 aliphatic carbocycles. The van der Waals surface area contributed by atoms with E-state index < -0.39 is 9.84 Å². The Morgan fingerprint density at radius 1 is 1.38 bits per heavy atom. The van der Waals surface area contributed by atoms with Crippen molar-refractivity contribution in [3.63, 3.8) is 0 Å². The summed E-state index contributed by atoms with van der Waals surface area (Å²) in [6.45, 7) is 5.21. The normalized spacial score (nSPS) is 20.1. The topological polar surface area (TPSA) is 66.5 Å². The average Bonchev–Trinajstić information content (AvgIpc) is 2.39. The van der Waals surface area contributed by atoms with Crippen LogP contribution in [0.3, 0.4) is 0 Å². The fraction of sp³-hybridized carbons (Fsp3) is 0.700. The third-order valence-electron chi connectivity index (χ3n) is 2.47. The van der Waals surface area contributed by atoms with Gasteiger partial charge in [-0.05, 0) is 6.42 Å². The zero-order chi connectivity index (χ0) is 12.0. The van der Waals surface area contributed by atoms with Crippen molar-refractivity contribution in [3.05, 3.63) is 12.7 Å². The van der Waals surface area contributed by atoms with E-state index in [-0.39, 0.29) is 24.0 Å². The van der Waals surface area contributed by atoms with E-state index in [1.54, 1.807) is 11.0 Å². The van der Waals surface area contributed by atoms with E-state index in [2.05, 4.69) is 11.9 Å². The highest BCUT2D eigenvalue weighted by Crippen LogP contribution is 2.04. The lowest BCUT2D eigenvalue weighted by molar-refractivity contribution is -0.129. The first-order chi connectivity index (χ1) is 7.55. The fourth-order valence-corrected chi connectivity index (χ4v) is 2.85. The number of carbonyl (C=O) groups is 1. The molecule has 0 spiro atoms. The Hall–Kier alpha value is -0.880. The number of sulfone groups is 1. The summed E-state index contributed by atoms with van der Waals surface area (Å²) in [6.07, 6.45) is 2.22. The Balaban J connectivity index is 2.42. The molecule has 0 bridgehead atoms. The summed E-state index contributed by atoms with van der Waals surface area (Å²) < 4.78 is 22.7. The highest BCUT2D eigenvalue weighted by atomic mass is 32.2. The molecule has 1 aliphatic heterocycles. The predicted molar refractivity (Wildman–Crippen MR) is 62.9 cm³/mol. The van der Waals surface area contributed by atoms with Crippen molar-refractivity contribution >= 4 is 15.7 Å². The lowest BCUT2D eigenvalue weighted by Crippen LogP contribution is -2.39. The van der Waals surface area contributed by atoms with E-state index in [1.165, 1.54) is 0 Å². The maximum Gasteiger partial charge on any atom is 0.236 e. The summed E-state index contributed by atoms with van der Waals surface area (Å²) in [7, 11) is -2.94. The molecule has 1 saturated heterocycles.